The Labute approximate surface area is 88.3 Å². The average Bonchev–Trinajstić information content (AvgIpc) is 2.72. The number of aryl methyl sites for hydroxylation is 1. The lowest BCUT2D eigenvalue weighted by atomic mass is 10.1. The third-order valence-electron chi connectivity index (χ3n) is 2.70. The van der Waals surface area contributed by atoms with Crippen LogP contribution in [-0.2, 0) is 13.2 Å². The van der Waals surface area contributed by atoms with Gasteiger partial charge in [0, 0.05) is 5.56 Å². The molecule has 0 atom stereocenters. The smallest absolute Gasteiger partial charge is 0.181 e. The Bertz CT molecular complexity index is 502. The Morgan fingerprint density at radius 3 is 3.13 bits per heavy atom. The highest BCUT2D eigenvalue weighted by Gasteiger charge is 2.17. The molecule has 1 aromatic heterocycles. The zero-order valence-corrected chi connectivity index (χ0v) is 8.60. The Morgan fingerprint density at radius 2 is 2.27 bits per heavy atom. The SMILES string of the molecule is CCc1cc2n(n1)COc1ccccc1-2. The van der Waals surface area contributed by atoms with E-state index in [1.807, 2.05) is 22.9 Å². The Kier molecular flexibility index (Phi) is 1.78. The first-order valence-corrected chi connectivity index (χ1v) is 5.17. The van der Waals surface area contributed by atoms with E-state index in [1.54, 1.807) is 0 Å². The number of ether oxygens (including phenoxy) is 1. The van der Waals surface area contributed by atoms with Crippen molar-refractivity contribution in [1.29, 1.82) is 0 Å². The number of para-hydroxylation sites is 1. The van der Waals surface area contributed by atoms with Gasteiger partial charge in [0.05, 0.1) is 11.4 Å². The molecular weight excluding hydrogens is 188 g/mol. The molecule has 0 spiro atoms. The monoisotopic (exact) mass is 200 g/mol. The van der Waals surface area contributed by atoms with Crippen LogP contribution in [0.25, 0.3) is 11.3 Å². The summed E-state index contributed by atoms with van der Waals surface area (Å²) in [5.41, 5.74) is 3.41. The van der Waals surface area contributed by atoms with E-state index in [-0.39, 0.29) is 0 Å². The molecule has 0 amide bonds. The predicted molar refractivity (Wildman–Crippen MR) is 57.7 cm³/mol. The summed E-state index contributed by atoms with van der Waals surface area (Å²) in [6.45, 7) is 2.63. The molecule has 3 rings (SSSR count). The van der Waals surface area contributed by atoms with Crippen molar-refractivity contribution < 1.29 is 4.74 Å². The van der Waals surface area contributed by atoms with E-state index in [0.29, 0.717) is 6.73 Å². The van der Waals surface area contributed by atoms with Crippen LogP contribution >= 0.6 is 0 Å². The molecule has 0 radical (unpaired) electrons. The van der Waals surface area contributed by atoms with E-state index in [1.165, 1.54) is 0 Å². The van der Waals surface area contributed by atoms with Gasteiger partial charge < -0.3 is 4.74 Å². The molecule has 1 aliphatic rings. The lowest BCUT2D eigenvalue weighted by Gasteiger charge is -2.18. The Morgan fingerprint density at radius 1 is 1.40 bits per heavy atom. The van der Waals surface area contributed by atoms with Crippen LogP contribution in [-0.4, -0.2) is 9.78 Å². The van der Waals surface area contributed by atoms with Crippen molar-refractivity contribution in [2.24, 2.45) is 0 Å². The number of fused-ring (bicyclic) bond motifs is 3. The summed E-state index contributed by atoms with van der Waals surface area (Å²) < 4.78 is 7.53. The molecule has 0 N–H and O–H groups in total. The number of hydrogen-bond acceptors (Lipinski definition) is 2. The van der Waals surface area contributed by atoms with Crippen molar-refractivity contribution in [2.45, 2.75) is 20.1 Å². The molecule has 2 aromatic rings. The molecule has 76 valence electrons. The van der Waals surface area contributed by atoms with E-state index in [0.717, 1.165) is 29.1 Å². The molecule has 0 saturated heterocycles. The van der Waals surface area contributed by atoms with Gasteiger partial charge in [-0.3, -0.25) is 0 Å². The fourth-order valence-electron chi connectivity index (χ4n) is 1.89. The summed E-state index contributed by atoms with van der Waals surface area (Å²) in [5.74, 6) is 0.951. The van der Waals surface area contributed by atoms with Crippen LogP contribution in [0.2, 0.25) is 0 Å². The summed E-state index contributed by atoms with van der Waals surface area (Å²) in [6, 6.07) is 10.2. The molecule has 3 nitrogen and oxygen atoms in total. The molecule has 2 heterocycles. The molecule has 3 heteroatoms. The topological polar surface area (TPSA) is 27.1 Å². The standard InChI is InChI=1S/C12H12N2O/c1-2-9-7-11-10-5-3-4-6-12(10)15-8-14(11)13-9/h3-7H,2,8H2,1H3. The van der Waals surface area contributed by atoms with Gasteiger partial charge >= 0.3 is 0 Å². The maximum absolute atomic E-state index is 5.61. The fourth-order valence-corrected chi connectivity index (χ4v) is 1.89. The minimum absolute atomic E-state index is 0.520. The first kappa shape index (κ1) is 8.53. The largest absolute Gasteiger partial charge is 0.471 e. The second-order valence-electron chi connectivity index (χ2n) is 3.64. The van der Waals surface area contributed by atoms with Crippen molar-refractivity contribution in [3.8, 4) is 17.0 Å². The molecule has 1 aliphatic heterocycles. The lowest BCUT2D eigenvalue weighted by molar-refractivity contribution is 0.214. The zero-order chi connectivity index (χ0) is 10.3. The summed E-state index contributed by atoms with van der Waals surface area (Å²) >= 11 is 0. The third kappa shape index (κ3) is 1.23. The van der Waals surface area contributed by atoms with Crippen molar-refractivity contribution in [1.82, 2.24) is 9.78 Å². The van der Waals surface area contributed by atoms with Crippen LogP contribution in [0.3, 0.4) is 0 Å². The van der Waals surface area contributed by atoms with E-state index in [4.69, 9.17) is 4.74 Å². The van der Waals surface area contributed by atoms with E-state index in [2.05, 4.69) is 24.2 Å². The normalized spacial score (nSPS) is 12.9. The first-order valence-electron chi connectivity index (χ1n) is 5.17. The van der Waals surface area contributed by atoms with Gasteiger partial charge in [-0.2, -0.15) is 5.10 Å². The summed E-state index contributed by atoms with van der Waals surface area (Å²) in [6.07, 6.45) is 0.960. The van der Waals surface area contributed by atoms with Crippen LogP contribution in [0.4, 0.5) is 0 Å². The average molecular weight is 200 g/mol. The summed E-state index contributed by atoms with van der Waals surface area (Å²) in [7, 11) is 0. The van der Waals surface area contributed by atoms with Gasteiger partial charge in [0.1, 0.15) is 5.75 Å². The Balaban J connectivity index is 2.20. The molecular formula is C12H12N2O. The Hall–Kier alpha value is -1.77. The van der Waals surface area contributed by atoms with Gasteiger partial charge in [-0.25, -0.2) is 4.68 Å². The van der Waals surface area contributed by atoms with Gasteiger partial charge in [0.15, 0.2) is 6.73 Å². The van der Waals surface area contributed by atoms with Gasteiger partial charge in [-0.05, 0) is 24.6 Å². The lowest BCUT2D eigenvalue weighted by Crippen LogP contribution is -2.13. The van der Waals surface area contributed by atoms with E-state index < -0.39 is 0 Å². The minimum atomic E-state index is 0.520. The molecule has 0 unspecified atom stereocenters. The summed E-state index contributed by atoms with van der Waals surface area (Å²) in [5, 5.41) is 4.46. The highest BCUT2D eigenvalue weighted by atomic mass is 16.5. The van der Waals surface area contributed by atoms with Crippen molar-refractivity contribution in [3.05, 3.63) is 36.0 Å². The van der Waals surface area contributed by atoms with Crippen molar-refractivity contribution >= 4 is 0 Å². The van der Waals surface area contributed by atoms with Crippen molar-refractivity contribution in [3.63, 3.8) is 0 Å². The molecule has 0 bridgehead atoms. The van der Waals surface area contributed by atoms with Gasteiger partial charge in [-0.15, -0.1) is 0 Å². The van der Waals surface area contributed by atoms with Gasteiger partial charge in [0.25, 0.3) is 0 Å². The molecule has 0 saturated carbocycles. The van der Waals surface area contributed by atoms with Gasteiger partial charge in [0.2, 0.25) is 0 Å². The highest BCUT2D eigenvalue weighted by Crippen LogP contribution is 2.33. The zero-order valence-electron chi connectivity index (χ0n) is 8.60. The van der Waals surface area contributed by atoms with Crippen molar-refractivity contribution in [2.75, 3.05) is 0 Å². The first-order chi connectivity index (χ1) is 7.38. The number of nitrogens with zero attached hydrogens (tertiary/aromatic N) is 2. The molecule has 0 aliphatic carbocycles. The molecule has 15 heavy (non-hydrogen) atoms. The van der Waals surface area contributed by atoms with Crippen LogP contribution in [0.5, 0.6) is 5.75 Å². The van der Waals surface area contributed by atoms with Crippen LogP contribution in [0.15, 0.2) is 30.3 Å². The minimum Gasteiger partial charge on any atom is -0.471 e. The predicted octanol–water partition coefficient (Wildman–Crippen LogP) is 2.46. The second kappa shape index (κ2) is 3.12. The maximum Gasteiger partial charge on any atom is 0.181 e. The third-order valence-corrected chi connectivity index (χ3v) is 2.70. The highest BCUT2D eigenvalue weighted by molar-refractivity contribution is 5.68. The quantitative estimate of drug-likeness (QED) is 0.707. The number of aromatic nitrogens is 2. The molecule has 1 aromatic carbocycles. The number of benzene rings is 1. The van der Waals surface area contributed by atoms with E-state index in [9.17, 15) is 0 Å². The van der Waals surface area contributed by atoms with Crippen LogP contribution < -0.4 is 4.74 Å². The molecule has 0 fully saturated rings. The second-order valence-corrected chi connectivity index (χ2v) is 3.64. The number of rotatable bonds is 1. The van der Waals surface area contributed by atoms with E-state index >= 15 is 0 Å². The van der Waals surface area contributed by atoms with Crippen LogP contribution in [0, 0.1) is 0 Å². The van der Waals surface area contributed by atoms with Crippen LogP contribution in [0.1, 0.15) is 12.6 Å². The maximum atomic E-state index is 5.61. The van der Waals surface area contributed by atoms with Gasteiger partial charge in [-0.1, -0.05) is 19.1 Å². The number of hydrogen-bond donors (Lipinski definition) is 0. The fraction of sp³-hybridized carbons (Fsp3) is 0.250. The summed E-state index contributed by atoms with van der Waals surface area (Å²) in [4.78, 5) is 0.